The van der Waals surface area contributed by atoms with E-state index in [0.29, 0.717) is 0 Å². The molecule has 2 rings (SSSR count). The Balaban J connectivity index is 1.90. The molecule has 0 radical (unpaired) electrons. The average Bonchev–Trinajstić information content (AvgIpc) is 3.06. The molecule has 2 aliphatic rings. The molecule has 0 aromatic carbocycles. The number of allylic oxidation sites excluding steroid dienone is 4. The second kappa shape index (κ2) is 8.55. The molecule has 0 spiro atoms. The number of piperidine rings is 1. The summed E-state index contributed by atoms with van der Waals surface area (Å²) in [5.41, 5.74) is 4.01. The Morgan fingerprint density at radius 2 is 1.86 bits per heavy atom. The first kappa shape index (κ1) is 16.5. The van der Waals surface area contributed by atoms with Crippen LogP contribution in [-0.4, -0.2) is 35.7 Å². The molecule has 1 aliphatic heterocycles. The zero-order chi connectivity index (χ0) is 15.1. The maximum Gasteiger partial charge on any atom is 0.0642 e. The highest BCUT2D eigenvalue weighted by Gasteiger charge is 2.24. The summed E-state index contributed by atoms with van der Waals surface area (Å²) in [5.74, 6) is 0. The van der Waals surface area contributed by atoms with Crippen molar-refractivity contribution >= 4 is 0 Å². The first-order chi connectivity index (χ1) is 10.2. The molecular formula is C19H31NO. The summed E-state index contributed by atoms with van der Waals surface area (Å²) in [6, 6.07) is 0.878. The van der Waals surface area contributed by atoms with Crippen molar-refractivity contribution in [2.45, 2.75) is 64.8 Å². The van der Waals surface area contributed by atoms with Crippen molar-refractivity contribution in [1.82, 2.24) is 4.90 Å². The highest BCUT2D eigenvalue weighted by atomic mass is 16.3. The minimum absolute atomic E-state index is 0.153. The first-order valence-electron chi connectivity index (χ1n) is 8.63. The zero-order valence-electron chi connectivity index (χ0n) is 13.8. The number of hydrogen-bond donors (Lipinski definition) is 1. The fourth-order valence-corrected chi connectivity index (χ4v) is 3.42. The molecule has 0 aromatic heterocycles. The predicted molar refractivity (Wildman–Crippen MR) is 90.4 cm³/mol. The molecule has 1 heterocycles. The highest BCUT2D eigenvalue weighted by Crippen LogP contribution is 2.28. The number of nitrogens with zero attached hydrogens (tertiary/aromatic N) is 1. The normalized spacial score (nSPS) is 22.9. The standard InChI is InChI=1S/C19H31NO/c1-3-17(9-8-16(2)15-21)14-18-10-12-20(13-11-18)19-6-4-5-7-19/h8-9,14,19,21H,3-7,10-13,15H2,1-2H3. The fraction of sp³-hybridized carbons (Fsp3) is 0.684. The molecule has 1 saturated carbocycles. The van der Waals surface area contributed by atoms with Gasteiger partial charge in [-0.2, -0.15) is 0 Å². The highest BCUT2D eigenvalue weighted by molar-refractivity contribution is 5.29. The number of hydrogen-bond acceptors (Lipinski definition) is 2. The minimum Gasteiger partial charge on any atom is -0.392 e. The van der Waals surface area contributed by atoms with E-state index in [9.17, 15) is 0 Å². The number of aliphatic hydroxyl groups excluding tert-OH is 1. The van der Waals surface area contributed by atoms with Crippen LogP contribution in [0.3, 0.4) is 0 Å². The number of aliphatic hydroxyl groups is 1. The third-order valence-electron chi connectivity index (χ3n) is 4.91. The lowest BCUT2D eigenvalue weighted by Crippen LogP contribution is -2.38. The van der Waals surface area contributed by atoms with E-state index in [1.807, 2.05) is 13.0 Å². The van der Waals surface area contributed by atoms with Crippen LogP contribution < -0.4 is 0 Å². The number of rotatable bonds is 5. The van der Waals surface area contributed by atoms with E-state index in [4.69, 9.17) is 5.11 Å². The van der Waals surface area contributed by atoms with Crippen molar-refractivity contribution < 1.29 is 5.11 Å². The Kier molecular flexibility index (Phi) is 6.72. The molecule has 0 atom stereocenters. The zero-order valence-corrected chi connectivity index (χ0v) is 13.8. The molecule has 0 aromatic rings. The molecule has 0 bridgehead atoms. The van der Waals surface area contributed by atoms with Crippen molar-refractivity contribution in [3.63, 3.8) is 0 Å². The molecule has 1 aliphatic carbocycles. The van der Waals surface area contributed by atoms with E-state index in [1.165, 1.54) is 57.2 Å². The fourth-order valence-electron chi connectivity index (χ4n) is 3.42. The molecule has 0 amide bonds. The molecule has 21 heavy (non-hydrogen) atoms. The van der Waals surface area contributed by atoms with Crippen LogP contribution in [0.2, 0.25) is 0 Å². The molecule has 2 nitrogen and oxygen atoms in total. The number of likely N-dealkylation sites (tertiary alicyclic amines) is 1. The summed E-state index contributed by atoms with van der Waals surface area (Å²) in [6.07, 6.45) is 15.8. The van der Waals surface area contributed by atoms with Crippen LogP contribution in [0.25, 0.3) is 0 Å². The Bertz CT molecular complexity index is 403. The van der Waals surface area contributed by atoms with Gasteiger partial charge in [-0.25, -0.2) is 0 Å². The van der Waals surface area contributed by atoms with E-state index in [1.54, 1.807) is 5.57 Å². The van der Waals surface area contributed by atoms with Gasteiger partial charge in [0.05, 0.1) is 6.61 Å². The summed E-state index contributed by atoms with van der Waals surface area (Å²) < 4.78 is 0. The van der Waals surface area contributed by atoms with E-state index in [2.05, 4.69) is 24.0 Å². The van der Waals surface area contributed by atoms with Crippen molar-refractivity contribution in [1.29, 1.82) is 0 Å². The quantitative estimate of drug-likeness (QED) is 0.766. The maximum absolute atomic E-state index is 9.06. The van der Waals surface area contributed by atoms with Crippen LogP contribution in [0.4, 0.5) is 0 Å². The van der Waals surface area contributed by atoms with Crippen LogP contribution in [0, 0.1) is 0 Å². The van der Waals surface area contributed by atoms with Crippen molar-refractivity contribution in [3.8, 4) is 0 Å². The molecule has 1 saturated heterocycles. The lowest BCUT2D eigenvalue weighted by Gasteiger charge is -2.33. The maximum atomic E-state index is 9.06. The molecule has 0 unspecified atom stereocenters. The van der Waals surface area contributed by atoms with Gasteiger partial charge in [0.25, 0.3) is 0 Å². The second-order valence-electron chi connectivity index (χ2n) is 6.54. The SMILES string of the molecule is CCC(=CC=C(C)CO)C=C1CCN(C2CCCC2)CC1. The van der Waals surface area contributed by atoms with E-state index in [0.717, 1.165) is 18.0 Å². The van der Waals surface area contributed by atoms with Crippen molar-refractivity contribution in [2.24, 2.45) is 0 Å². The summed E-state index contributed by atoms with van der Waals surface area (Å²) in [5, 5.41) is 9.06. The van der Waals surface area contributed by atoms with Gasteiger partial charge in [-0.15, -0.1) is 0 Å². The van der Waals surface area contributed by atoms with E-state index in [-0.39, 0.29) is 6.61 Å². The average molecular weight is 289 g/mol. The van der Waals surface area contributed by atoms with Crippen LogP contribution in [0.5, 0.6) is 0 Å². The van der Waals surface area contributed by atoms with Gasteiger partial charge in [0.1, 0.15) is 0 Å². The van der Waals surface area contributed by atoms with Crippen molar-refractivity contribution in [2.75, 3.05) is 19.7 Å². The van der Waals surface area contributed by atoms with Gasteiger partial charge in [0, 0.05) is 19.1 Å². The van der Waals surface area contributed by atoms with Gasteiger partial charge in [-0.1, -0.05) is 43.6 Å². The predicted octanol–water partition coefficient (Wildman–Crippen LogP) is 4.23. The Hall–Kier alpha value is -0.860. The molecule has 2 heteroatoms. The Morgan fingerprint density at radius 1 is 1.19 bits per heavy atom. The van der Waals surface area contributed by atoms with Gasteiger partial charge in [0.15, 0.2) is 0 Å². The van der Waals surface area contributed by atoms with E-state index < -0.39 is 0 Å². The van der Waals surface area contributed by atoms with Crippen molar-refractivity contribution in [3.05, 3.63) is 34.9 Å². The van der Waals surface area contributed by atoms with Gasteiger partial charge in [0.2, 0.25) is 0 Å². The molecule has 2 fully saturated rings. The van der Waals surface area contributed by atoms with Gasteiger partial charge in [-0.05, 0) is 50.2 Å². The lowest BCUT2D eigenvalue weighted by molar-refractivity contribution is 0.185. The molecule has 1 N–H and O–H groups in total. The van der Waals surface area contributed by atoms with Gasteiger partial charge < -0.3 is 5.11 Å². The first-order valence-corrected chi connectivity index (χ1v) is 8.63. The van der Waals surface area contributed by atoms with Gasteiger partial charge in [-0.3, -0.25) is 4.90 Å². The third-order valence-corrected chi connectivity index (χ3v) is 4.91. The van der Waals surface area contributed by atoms with Crippen LogP contribution in [-0.2, 0) is 0 Å². The van der Waals surface area contributed by atoms with Crippen LogP contribution >= 0.6 is 0 Å². The summed E-state index contributed by atoms with van der Waals surface area (Å²) in [7, 11) is 0. The second-order valence-corrected chi connectivity index (χ2v) is 6.54. The summed E-state index contributed by atoms with van der Waals surface area (Å²) >= 11 is 0. The van der Waals surface area contributed by atoms with Gasteiger partial charge >= 0.3 is 0 Å². The summed E-state index contributed by atoms with van der Waals surface area (Å²) in [4.78, 5) is 2.72. The van der Waals surface area contributed by atoms with Crippen LogP contribution in [0.1, 0.15) is 58.8 Å². The lowest BCUT2D eigenvalue weighted by atomic mass is 9.98. The third kappa shape index (κ3) is 5.12. The van der Waals surface area contributed by atoms with E-state index >= 15 is 0 Å². The monoisotopic (exact) mass is 289 g/mol. The topological polar surface area (TPSA) is 23.5 Å². The molecule has 118 valence electrons. The smallest absolute Gasteiger partial charge is 0.0642 e. The Morgan fingerprint density at radius 3 is 2.43 bits per heavy atom. The Labute approximate surface area is 130 Å². The largest absolute Gasteiger partial charge is 0.392 e. The van der Waals surface area contributed by atoms with Crippen LogP contribution in [0.15, 0.2) is 34.9 Å². The molecular weight excluding hydrogens is 258 g/mol. The minimum atomic E-state index is 0.153. The summed E-state index contributed by atoms with van der Waals surface area (Å²) in [6.45, 7) is 6.83.